The fraction of sp³-hybridized carbons (Fsp3) is 0.526. The molecule has 28 heavy (non-hydrogen) atoms. The molecule has 9 heteroatoms. The van der Waals surface area contributed by atoms with Crippen LogP contribution < -0.4 is 0 Å². The van der Waals surface area contributed by atoms with Crippen molar-refractivity contribution in [1.82, 2.24) is 0 Å². The number of aliphatic hydroxyl groups is 1. The maximum absolute atomic E-state index is 11.6. The van der Waals surface area contributed by atoms with Crippen LogP contribution in [-0.4, -0.2) is 60.3 Å². The summed E-state index contributed by atoms with van der Waals surface area (Å²) in [5.41, 5.74) is 0.822. The van der Waals surface area contributed by atoms with Crippen LogP contribution in [0.3, 0.4) is 0 Å². The van der Waals surface area contributed by atoms with E-state index in [2.05, 4.69) is 0 Å². The number of carbonyl (C=O) groups is 3. The molecule has 5 atom stereocenters. The number of hydrogen-bond acceptors (Lipinski definition) is 9. The Labute approximate surface area is 162 Å². The zero-order chi connectivity index (χ0) is 20.7. The molecule has 1 aliphatic rings. The summed E-state index contributed by atoms with van der Waals surface area (Å²) in [7, 11) is 0. The summed E-state index contributed by atoms with van der Waals surface area (Å²) in [4.78, 5) is 34.2. The Kier molecular flexibility index (Phi) is 7.91. The molecular formula is C19H24O9. The molecule has 2 rings (SSSR count). The number of benzene rings is 1. The Bertz CT molecular complexity index is 675. The Morgan fingerprint density at radius 1 is 0.929 bits per heavy atom. The molecule has 1 fully saturated rings. The third-order valence-corrected chi connectivity index (χ3v) is 3.95. The molecule has 1 saturated heterocycles. The van der Waals surface area contributed by atoms with Gasteiger partial charge in [0.15, 0.2) is 18.5 Å². The number of hydrogen-bond donors (Lipinski definition) is 1. The average molecular weight is 396 g/mol. The minimum absolute atomic E-state index is 0.105. The largest absolute Gasteiger partial charge is 0.463 e. The van der Waals surface area contributed by atoms with Crippen molar-refractivity contribution in [2.24, 2.45) is 0 Å². The second kappa shape index (κ2) is 10.2. The number of esters is 3. The highest BCUT2D eigenvalue weighted by atomic mass is 16.7. The van der Waals surface area contributed by atoms with Gasteiger partial charge < -0.3 is 28.8 Å². The Balaban J connectivity index is 2.26. The Morgan fingerprint density at radius 3 is 2.11 bits per heavy atom. The van der Waals surface area contributed by atoms with Crippen LogP contribution in [0, 0.1) is 0 Å². The molecule has 3 unspecified atom stereocenters. The van der Waals surface area contributed by atoms with Crippen molar-refractivity contribution in [2.75, 3.05) is 6.61 Å². The van der Waals surface area contributed by atoms with Gasteiger partial charge in [-0.15, -0.1) is 0 Å². The molecule has 0 aliphatic carbocycles. The first-order chi connectivity index (χ1) is 13.3. The monoisotopic (exact) mass is 396 g/mol. The van der Waals surface area contributed by atoms with Crippen molar-refractivity contribution in [1.29, 1.82) is 0 Å². The summed E-state index contributed by atoms with van der Waals surface area (Å²) in [6, 6.07) is 9.16. The van der Waals surface area contributed by atoms with Crippen molar-refractivity contribution in [3.05, 3.63) is 35.9 Å². The van der Waals surface area contributed by atoms with E-state index in [0.717, 1.165) is 5.56 Å². The fourth-order valence-corrected chi connectivity index (χ4v) is 2.84. The number of aliphatic hydroxyl groups excluding tert-OH is 1. The lowest BCUT2D eigenvalue weighted by molar-refractivity contribution is -0.302. The van der Waals surface area contributed by atoms with Crippen LogP contribution in [0.15, 0.2) is 30.3 Å². The highest BCUT2D eigenvalue weighted by Crippen LogP contribution is 2.28. The van der Waals surface area contributed by atoms with E-state index in [1.807, 2.05) is 30.3 Å². The van der Waals surface area contributed by atoms with E-state index in [9.17, 15) is 19.5 Å². The second-order valence-corrected chi connectivity index (χ2v) is 6.28. The minimum atomic E-state index is -1.56. The maximum atomic E-state index is 11.6. The molecule has 154 valence electrons. The summed E-state index contributed by atoms with van der Waals surface area (Å²) in [6.07, 6.45) is -5.92. The number of carbonyl (C=O) groups excluding carboxylic acids is 3. The van der Waals surface area contributed by atoms with Crippen LogP contribution in [-0.2, 0) is 44.7 Å². The zero-order valence-electron chi connectivity index (χ0n) is 15.9. The van der Waals surface area contributed by atoms with Gasteiger partial charge in [-0.2, -0.15) is 0 Å². The molecule has 0 radical (unpaired) electrons. The van der Waals surface area contributed by atoms with Crippen LogP contribution in [0.4, 0.5) is 0 Å². The van der Waals surface area contributed by atoms with Crippen molar-refractivity contribution >= 4 is 17.9 Å². The normalized spacial score (nSPS) is 26.9. The van der Waals surface area contributed by atoms with Gasteiger partial charge in [0.2, 0.25) is 0 Å². The standard InChI is InChI=1S/C19H24O9/c1-11(20)24-10-15-16(26-12(2)21)17(18(19(23)28-15)27-13(3)22)25-9-14-7-5-4-6-8-14/h4-8,15-19,23H,9-10H2,1-3H3/t15?,16-,17?,18?,19-/m1/s1. The van der Waals surface area contributed by atoms with E-state index in [1.165, 1.54) is 20.8 Å². The van der Waals surface area contributed by atoms with E-state index in [0.29, 0.717) is 0 Å². The molecular weight excluding hydrogens is 372 g/mol. The molecule has 9 nitrogen and oxygen atoms in total. The van der Waals surface area contributed by atoms with Crippen molar-refractivity contribution in [2.45, 2.75) is 58.1 Å². The van der Waals surface area contributed by atoms with Crippen molar-refractivity contribution in [3.63, 3.8) is 0 Å². The fourth-order valence-electron chi connectivity index (χ4n) is 2.84. The first-order valence-electron chi connectivity index (χ1n) is 8.74. The van der Waals surface area contributed by atoms with Gasteiger partial charge in [0.1, 0.15) is 18.8 Å². The van der Waals surface area contributed by atoms with Gasteiger partial charge in [-0.1, -0.05) is 30.3 Å². The van der Waals surface area contributed by atoms with Crippen LogP contribution in [0.2, 0.25) is 0 Å². The maximum Gasteiger partial charge on any atom is 0.303 e. The van der Waals surface area contributed by atoms with Gasteiger partial charge in [0, 0.05) is 20.8 Å². The summed E-state index contributed by atoms with van der Waals surface area (Å²) in [5, 5.41) is 10.3. The van der Waals surface area contributed by atoms with E-state index >= 15 is 0 Å². The van der Waals surface area contributed by atoms with Gasteiger partial charge in [-0.3, -0.25) is 14.4 Å². The molecule has 1 aromatic carbocycles. The summed E-state index contributed by atoms with van der Waals surface area (Å²) in [5.74, 6) is -1.86. The Morgan fingerprint density at radius 2 is 1.54 bits per heavy atom. The summed E-state index contributed by atoms with van der Waals surface area (Å²) in [6.45, 7) is 3.41. The predicted molar refractivity (Wildman–Crippen MR) is 93.6 cm³/mol. The van der Waals surface area contributed by atoms with Gasteiger partial charge in [-0.25, -0.2) is 0 Å². The van der Waals surface area contributed by atoms with Gasteiger partial charge >= 0.3 is 17.9 Å². The third kappa shape index (κ3) is 6.29. The quantitative estimate of drug-likeness (QED) is 0.525. The smallest absolute Gasteiger partial charge is 0.303 e. The lowest BCUT2D eigenvalue weighted by Crippen LogP contribution is -2.62. The van der Waals surface area contributed by atoms with Gasteiger partial charge in [-0.05, 0) is 5.56 Å². The topological polar surface area (TPSA) is 118 Å². The van der Waals surface area contributed by atoms with Gasteiger partial charge in [0.25, 0.3) is 0 Å². The molecule has 1 aliphatic heterocycles. The van der Waals surface area contributed by atoms with E-state index < -0.39 is 48.6 Å². The highest BCUT2D eigenvalue weighted by Gasteiger charge is 2.50. The van der Waals surface area contributed by atoms with Crippen LogP contribution in [0.5, 0.6) is 0 Å². The first kappa shape index (κ1) is 21.8. The average Bonchev–Trinajstić information content (AvgIpc) is 2.62. The SMILES string of the molecule is CC(=O)OCC1O[C@@H](O)C(OC(C)=O)C(OCc2ccccc2)[C@@H]1OC(C)=O. The highest BCUT2D eigenvalue weighted by molar-refractivity contribution is 5.67. The number of ether oxygens (including phenoxy) is 5. The molecule has 1 aromatic rings. The number of rotatable bonds is 7. The molecule has 0 amide bonds. The first-order valence-corrected chi connectivity index (χ1v) is 8.74. The molecule has 0 spiro atoms. The van der Waals surface area contributed by atoms with E-state index in [1.54, 1.807) is 0 Å². The van der Waals surface area contributed by atoms with Crippen molar-refractivity contribution < 1.29 is 43.2 Å². The zero-order valence-corrected chi connectivity index (χ0v) is 15.9. The molecule has 0 bridgehead atoms. The van der Waals surface area contributed by atoms with E-state index in [-0.39, 0.29) is 13.2 Å². The van der Waals surface area contributed by atoms with Crippen molar-refractivity contribution in [3.8, 4) is 0 Å². The van der Waals surface area contributed by atoms with Crippen LogP contribution in [0.25, 0.3) is 0 Å². The predicted octanol–water partition coefficient (Wildman–Crippen LogP) is 0.715. The lowest BCUT2D eigenvalue weighted by atomic mass is 9.98. The lowest BCUT2D eigenvalue weighted by Gasteiger charge is -2.43. The molecule has 1 heterocycles. The van der Waals surface area contributed by atoms with Gasteiger partial charge in [0.05, 0.1) is 6.61 Å². The molecule has 0 saturated carbocycles. The second-order valence-electron chi connectivity index (χ2n) is 6.28. The molecule has 1 N–H and O–H groups in total. The Hall–Kier alpha value is -2.49. The summed E-state index contributed by atoms with van der Waals surface area (Å²) < 4.78 is 26.7. The molecule has 0 aromatic heterocycles. The third-order valence-electron chi connectivity index (χ3n) is 3.95. The van der Waals surface area contributed by atoms with E-state index in [4.69, 9.17) is 23.7 Å². The van der Waals surface area contributed by atoms with Crippen LogP contribution in [0.1, 0.15) is 26.3 Å². The summed E-state index contributed by atoms with van der Waals surface area (Å²) >= 11 is 0. The minimum Gasteiger partial charge on any atom is -0.463 e. The van der Waals surface area contributed by atoms with Crippen LogP contribution >= 0.6 is 0 Å².